The number of carbonyl (C=O) groups is 1. The second-order valence-electron chi connectivity index (χ2n) is 3.62. The Morgan fingerprint density at radius 3 is 2.60 bits per heavy atom. The van der Waals surface area contributed by atoms with Crippen molar-refractivity contribution in [2.24, 2.45) is 0 Å². The molecule has 104 valence electrons. The van der Waals surface area contributed by atoms with Gasteiger partial charge in [-0.25, -0.2) is 18.7 Å². The molecule has 3 N–H and O–H groups in total. The van der Waals surface area contributed by atoms with E-state index in [2.05, 4.69) is 15.3 Å². The molecule has 0 bridgehead atoms. The van der Waals surface area contributed by atoms with Gasteiger partial charge in [-0.05, 0) is 23.7 Å². The Morgan fingerprint density at radius 2 is 1.95 bits per heavy atom. The van der Waals surface area contributed by atoms with Crippen LogP contribution in [0.25, 0.3) is 0 Å². The monoisotopic (exact) mass is 318 g/mol. The molecular formula is C11H6Cl2F2N4O. The molecule has 1 aromatic carbocycles. The molecule has 1 aromatic heterocycles. The molecule has 20 heavy (non-hydrogen) atoms. The summed E-state index contributed by atoms with van der Waals surface area (Å²) in [5, 5.41) is 1.90. The number of carbonyl (C=O) groups excluding carboxylic acids is 1. The average Bonchev–Trinajstić information content (AvgIpc) is 2.33. The van der Waals surface area contributed by atoms with E-state index in [0.717, 1.165) is 12.1 Å². The van der Waals surface area contributed by atoms with Gasteiger partial charge >= 0.3 is 0 Å². The minimum atomic E-state index is -1.16. The van der Waals surface area contributed by atoms with E-state index in [4.69, 9.17) is 28.9 Å². The third kappa shape index (κ3) is 2.94. The van der Waals surface area contributed by atoms with E-state index in [1.807, 2.05) is 0 Å². The Morgan fingerprint density at radius 1 is 1.25 bits per heavy atom. The highest BCUT2D eigenvalue weighted by Crippen LogP contribution is 2.21. The Balaban J connectivity index is 2.35. The van der Waals surface area contributed by atoms with Crippen molar-refractivity contribution in [1.82, 2.24) is 9.97 Å². The third-order valence-electron chi connectivity index (χ3n) is 2.26. The standard InChI is InChI=1S/C11H6Cl2F2N4O/c12-6-3-7(19-11(13)17-6)18-10(20)8-4(14)1-2-5(16)9(8)15/h1-3H,16H2,(H,17,18,19,20). The van der Waals surface area contributed by atoms with Crippen LogP contribution in [0, 0.1) is 11.6 Å². The lowest BCUT2D eigenvalue weighted by Crippen LogP contribution is -2.17. The highest BCUT2D eigenvalue weighted by atomic mass is 35.5. The van der Waals surface area contributed by atoms with Gasteiger partial charge in [0, 0.05) is 6.07 Å². The lowest BCUT2D eigenvalue weighted by atomic mass is 10.1. The molecule has 9 heteroatoms. The van der Waals surface area contributed by atoms with E-state index in [1.54, 1.807) is 0 Å². The topological polar surface area (TPSA) is 80.9 Å². The summed E-state index contributed by atoms with van der Waals surface area (Å²) in [6.07, 6.45) is 0. The molecule has 2 aromatic rings. The minimum absolute atomic E-state index is 0.0335. The molecule has 2 rings (SSSR count). The summed E-state index contributed by atoms with van der Waals surface area (Å²) in [6, 6.07) is 3.07. The van der Waals surface area contributed by atoms with Gasteiger partial charge in [-0.3, -0.25) is 4.79 Å². The fourth-order valence-electron chi connectivity index (χ4n) is 1.41. The molecule has 1 amide bonds. The summed E-state index contributed by atoms with van der Waals surface area (Å²) >= 11 is 11.2. The first-order valence-electron chi connectivity index (χ1n) is 5.13. The van der Waals surface area contributed by atoms with E-state index in [0.29, 0.717) is 0 Å². The lowest BCUT2D eigenvalue weighted by molar-refractivity contribution is 0.101. The first-order chi connectivity index (χ1) is 9.38. The van der Waals surface area contributed by atoms with Crippen molar-refractivity contribution in [2.75, 3.05) is 11.1 Å². The van der Waals surface area contributed by atoms with E-state index in [1.165, 1.54) is 6.07 Å². The molecule has 0 aliphatic heterocycles. The van der Waals surface area contributed by atoms with E-state index >= 15 is 0 Å². The number of nitrogens with two attached hydrogens (primary N) is 1. The number of hydrogen-bond donors (Lipinski definition) is 2. The maximum Gasteiger partial charge on any atom is 0.262 e. The number of nitrogens with one attached hydrogen (secondary N) is 1. The molecule has 1 heterocycles. The van der Waals surface area contributed by atoms with Crippen LogP contribution in [0.4, 0.5) is 20.3 Å². The molecule has 0 spiro atoms. The van der Waals surface area contributed by atoms with Gasteiger partial charge < -0.3 is 11.1 Å². The first-order valence-corrected chi connectivity index (χ1v) is 5.89. The van der Waals surface area contributed by atoms with Crippen LogP contribution < -0.4 is 11.1 Å². The average molecular weight is 319 g/mol. The number of halogens is 4. The molecule has 0 unspecified atom stereocenters. The number of rotatable bonds is 2. The van der Waals surface area contributed by atoms with Gasteiger partial charge in [0.2, 0.25) is 5.28 Å². The van der Waals surface area contributed by atoms with Crippen LogP contribution in [-0.4, -0.2) is 15.9 Å². The smallest absolute Gasteiger partial charge is 0.262 e. The van der Waals surface area contributed by atoms with Gasteiger partial charge in [0.15, 0.2) is 5.82 Å². The predicted octanol–water partition coefficient (Wildman–Crippen LogP) is 2.90. The molecule has 5 nitrogen and oxygen atoms in total. The molecule has 0 aliphatic carbocycles. The van der Waals surface area contributed by atoms with Gasteiger partial charge in [0.05, 0.1) is 5.69 Å². The Bertz CT molecular complexity index is 676. The highest BCUT2D eigenvalue weighted by Gasteiger charge is 2.20. The van der Waals surface area contributed by atoms with Crippen LogP contribution in [0.5, 0.6) is 0 Å². The van der Waals surface area contributed by atoms with Crippen LogP contribution in [0.1, 0.15) is 10.4 Å². The minimum Gasteiger partial charge on any atom is -0.396 e. The number of amides is 1. The highest BCUT2D eigenvalue weighted by molar-refractivity contribution is 6.32. The van der Waals surface area contributed by atoms with Crippen LogP contribution in [0.3, 0.4) is 0 Å². The van der Waals surface area contributed by atoms with E-state index < -0.39 is 23.1 Å². The summed E-state index contributed by atoms with van der Waals surface area (Å²) in [4.78, 5) is 19.0. The Kier molecular flexibility index (Phi) is 4.01. The van der Waals surface area contributed by atoms with E-state index in [-0.39, 0.29) is 21.9 Å². The predicted molar refractivity (Wildman–Crippen MR) is 70.8 cm³/mol. The van der Waals surface area contributed by atoms with Crippen molar-refractivity contribution in [3.63, 3.8) is 0 Å². The molecule has 0 saturated heterocycles. The number of hydrogen-bond acceptors (Lipinski definition) is 4. The third-order valence-corrected chi connectivity index (χ3v) is 2.62. The number of nitrogens with zero attached hydrogens (tertiary/aromatic N) is 2. The van der Waals surface area contributed by atoms with Crippen molar-refractivity contribution >= 4 is 40.6 Å². The van der Waals surface area contributed by atoms with Gasteiger partial charge in [0.25, 0.3) is 5.91 Å². The molecule has 0 aliphatic rings. The second kappa shape index (κ2) is 5.56. The van der Waals surface area contributed by atoms with Crippen LogP contribution in [-0.2, 0) is 0 Å². The zero-order chi connectivity index (χ0) is 14.9. The summed E-state index contributed by atoms with van der Waals surface area (Å²) in [7, 11) is 0. The van der Waals surface area contributed by atoms with E-state index in [9.17, 15) is 13.6 Å². The molecule has 0 radical (unpaired) electrons. The zero-order valence-electron chi connectivity index (χ0n) is 9.62. The summed E-state index contributed by atoms with van der Waals surface area (Å²) < 4.78 is 27.2. The van der Waals surface area contributed by atoms with Crippen molar-refractivity contribution in [2.45, 2.75) is 0 Å². The Labute approximate surface area is 121 Å². The lowest BCUT2D eigenvalue weighted by Gasteiger charge is -2.08. The normalized spacial score (nSPS) is 10.4. The number of anilines is 2. The van der Waals surface area contributed by atoms with Crippen molar-refractivity contribution in [3.05, 3.63) is 45.8 Å². The molecule has 0 saturated carbocycles. The summed E-state index contributed by atoms with van der Waals surface area (Å²) in [5.74, 6) is -3.38. The van der Waals surface area contributed by atoms with Gasteiger partial charge in [0.1, 0.15) is 22.4 Å². The van der Waals surface area contributed by atoms with Crippen molar-refractivity contribution in [3.8, 4) is 0 Å². The summed E-state index contributed by atoms with van der Waals surface area (Å²) in [6.45, 7) is 0. The van der Waals surface area contributed by atoms with Gasteiger partial charge in [-0.15, -0.1) is 0 Å². The van der Waals surface area contributed by atoms with Crippen LogP contribution in [0.15, 0.2) is 18.2 Å². The SMILES string of the molecule is Nc1ccc(F)c(C(=O)Nc2cc(Cl)nc(Cl)n2)c1F. The van der Waals surface area contributed by atoms with Crippen LogP contribution >= 0.6 is 23.2 Å². The number of benzene rings is 1. The second-order valence-corrected chi connectivity index (χ2v) is 4.35. The van der Waals surface area contributed by atoms with Crippen molar-refractivity contribution in [1.29, 1.82) is 0 Å². The molecule has 0 atom stereocenters. The molecule has 0 fully saturated rings. The van der Waals surface area contributed by atoms with Gasteiger partial charge in [-0.1, -0.05) is 11.6 Å². The maximum atomic E-state index is 13.7. The van der Waals surface area contributed by atoms with Gasteiger partial charge in [-0.2, -0.15) is 0 Å². The fourth-order valence-corrected chi connectivity index (χ4v) is 1.82. The number of aromatic nitrogens is 2. The largest absolute Gasteiger partial charge is 0.396 e. The zero-order valence-corrected chi connectivity index (χ0v) is 11.1. The summed E-state index contributed by atoms with van der Waals surface area (Å²) in [5.41, 5.74) is 4.10. The van der Waals surface area contributed by atoms with Crippen LogP contribution in [0.2, 0.25) is 10.4 Å². The fraction of sp³-hybridized carbons (Fsp3) is 0. The molecular weight excluding hydrogens is 313 g/mol. The first kappa shape index (κ1) is 14.4. The maximum absolute atomic E-state index is 13.7. The quantitative estimate of drug-likeness (QED) is 0.507. The number of nitrogen functional groups attached to an aromatic ring is 1. The van der Waals surface area contributed by atoms with Crippen molar-refractivity contribution < 1.29 is 13.6 Å². The Hall–Kier alpha value is -1.99.